The molecule has 1 heterocycles. The quantitative estimate of drug-likeness (QED) is 0.626. The van der Waals surface area contributed by atoms with E-state index in [0.717, 1.165) is 11.8 Å². The number of Topliss-reactive ketones (excluding diaryl/α,β-unsaturated/α-hetero) is 1. The molecular weight excluding hydrogens is 350 g/mol. The van der Waals surface area contributed by atoms with E-state index in [-0.39, 0.29) is 5.78 Å². The number of nitrogens with one attached hydrogen (secondary N) is 1. The van der Waals surface area contributed by atoms with Crippen molar-refractivity contribution in [3.63, 3.8) is 0 Å². The minimum atomic E-state index is -3.37. The zero-order valence-electron chi connectivity index (χ0n) is 13.4. The highest BCUT2D eigenvalue weighted by atomic mass is 32.2. The summed E-state index contributed by atoms with van der Waals surface area (Å²) in [6.07, 6.45) is 0.105. The number of ketones is 1. The van der Waals surface area contributed by atoms with Crippen LogP contribution in [0.5, 0.6) is 0 Å². The van der Waals surface area contributed by atoms with Crippen LogP contribution in [-0.2, 0) is 14.8 Å². The molecule has 2 aromatic rings. The van der Waals surface area contributed by atoms with Gasteiger partial charge >= 0.3 is 5.97 Å². The third-order valence-corrected chi connectivity index (χ3v) is 4.78. The average Bonchev–Trinajstić information content (AvgIpc) is 2.92. The van der Waals surface area contributed by atoms with Crippen LogP contribution in [0.15, 0.2) is 35.7 Å². The molecule has 0 unspecified atom stereocenters. The van der Waals surface area contributed by atoms with Crippen molar-refractivity contribution in [1.82, 2.24) is 0 Å². The zero-order chi connectivity index (χ0) is 17.9. The van der Waals surface area contributed by atoms with Gasteiger partial charge in [0.1, 0.15) is 4.88 Å². The second kappa shape index (κ2) is 7.14. The van der Waals surface area contributed by atoms with Gasteiger partial charge in [-0.25, -0.2) is 13.2 Å². The monoisotopic (exact) mass is 367 g/mol. The molecule has 128 valence electrons. The number of hydrogen-bond acceptors (Lipinski definition) is 6. The minimum Gasteiger partial charge on any atom is -0.450 e. The Morgan fingerprint density at radius 3 is 2.29 bits per heavy atom. The first-order valence-corrected chi connectivity index (χ1v) is 9.81. The number of ether oxygens (including phenoxy) is 1. The van der Waals surface area contributed by atoms with Gasteiger partial charge in [0.25, 0.3) is 0 Å². The number of carbonyl (C=O) groups is 2. The predicted octanol–water partition coefficient (Wildman–Crippen LogP) is 2.86. The number of hydrogen-bond donors (Lipinski definition) is 1. The molecule has 0 fully saturated rings. The summed E-state index contributed by atoms with van der Waals surface area (Å²) in [5.41, 5.74) is 1.49. The van der Waals surface area contributed by atoms with Gasteiger partial charge in [0.15, 0.2) is 6.10 Å². The Hall–Kier alpha value is -2.19. The lowest BCUT2D eigenvalue weighted by Crippen LogP contribution is -2.24. The van der Waals surface area contributed by atoms with E-state index in [0.29, 0.717) is 16.1 Å². The van der Waals surface area contributed by atoms with Crippen LogP contribution in [0.4, 0.5) is 5.69 Å². The van der Waals surface area contributed by atoms with E-state index in [9.17, 15) is 18.0 Å². The van der Waals surface area contributed by atoms with Crippen molar-refractivity contribution in [2.24, 2.45) is 0 Å². The maximum Gasteiger partial charge on any atom is 0.349 e. The highest BCUT2D eigenvalue weighted by Gasteiger charge is 2.22. The SMILES string of the molecule is Cc1ccsc1C(=O)O[C@H](C)C(=O)c1ccc(NS(C)(=O)=O)cc1. The maximum absolute atomic E-state index is 12.3. The lowest BCUT2D eigenvalue weighted by atomic mass is 10.1. The van der Waals surface area contributed by atoms with E-state index in [1.807, 2.05) is 0 Å². The number of thiophene rings is 1. The van der Waals surface area contributed by atoms with Gasteiger partial charge in [-0.3, -0.25) is 9.52 Å². The van der Waals surface area contributed by atoms with Crippen LogP contribution in [-0.4, -0.2) is 32.5 Å². The molecule has 1 atom stereocenters. The van der Waals surface area contributed by atoms with Gasteiger partial charge in [-0.1, -0.05) is 0 Å². The Balaban J connectivity index is 2.05. The molecule has 24 heavy (non-hydrogen) atoms. The summed E-state index contributed by atoms with van der Waals surface area (Å²) in [4.78, 5) is 24.8. The lowest BCUT2D eigenvalue weighted by Gasteiger charge is -2.12. The van der Waals surface area contributed by atoms with Crippen molar-refractivity contribution in [2.75, 3.05) is 11.0 Å². The van der Waals surface area contributed by atoms with Gasteiger partial charge in [0, 0.05) is 11.3 Å². The van der Waals surface area contributed by atoms with Crippen molar-refractivity contribution in [3.8, 4) is 0 Å². The standard InChI is InChI=1S/C16H17NO5S2/c1-10-8-9-23-15(10)16(19)22-11(2)14(18)12-4-6-13(7-5-12)17-24(3,20)21/h4-9,11,17H,1-3H3/t11-/m1/s1. The number of sulfonamides is 1. The van der Waals surface area contributed by atoms with Crippen molar-refractivity contribution in [2.45, 2.75) is 20.0 Å². The maximum atomic E-state index is 12.3. The summed E-state index contributed by atoms with van der Waals surface area (Å²) in [5.74, 6) is -0.887. The van der Waals surface area contributed by atoms with Gasteiger partial charge in [-0.15, -0.1) is 11.3 Å². The van der Waals surface area contributed by atoms with E-state index < -0.39 is 22.1 Å². The normalized spacial score (nSPS) is 12.5. The molecule has 0 radical (unpaired) electrons. The molecule has 0 aliphatic heterocycles. The molecule has 0 amide bonds. The summed E-state index contributed by atoms with van der Waals surface area (Å²) >= 11 is 1.26. The number of benzene rings is 1. The Morgan fingerprint density at radius 1 is 1.17 bits per heavy atom. The molecule has 1 N–H and O–H groups in total. The number of carbonyl (C=O) groups excluding carboxylic acids is 2. The lowest BCUT2D eigenvalue weighted by molar-refractivity contribution is 0.0323. The molecule has 0 aliphatic carbocycles. The van der Waals surface area contributed by atoms with Crippen molar-refractivity contribution in [1.29, 1.82) is 0 Å². The molecule has 8 heteroatoms. The predicted molar refractivity (Wildman–Crippen MR) is 93.2 cm³/mol. The molecule has 2 rings (SSSR count). The fourth-order valence-corrected chi connectivity index (χ4v) is 3.37. The molecule has 0 spiro atoms. The zero-order valence-corrected chi connectivity index (χ0v) is 15.0. The van der Waals surface area contributed by atoms with Gasteiger partial charge in [-0.05, 0) is 55.1 Å². The van der Waals surface area contributed by atoms with E-state index >= 15 is 0 Å². The first kappa shape index (κ1) is 18.2. The van der Waals surface area contributed by atoms with Gasteiger partial charge in [-0.2, -0.15) is 0 Å². The molecule has 0 bridgehead atoms. The van der Waals surface area contributed by atoms with Crippen LogP contribution in [0.1, 0.15) is 32.5 Å². The molecule has 1 aromatic carbocycles. The number of anilines is 1. The molecule has 0 aliphatic rings. The van der Waals surface area contributed by atoms with Crippen LogP contribution in [0.3, 0.4) is 0 Å². The summed E-state index contributed by atoms with van der Waals surface area (Å²) in [7, 11) is -3.37. The molecule has 6 nitrogen and oxygen atoms in total. The summed E-state index contributed by atoms with van der Waals surface area (Å²) < 4.78 is 29.8. The van der Waals surface area contributed by atoms with Crippen molar-refractivity contribution in [3.05, 3.63) is 51.7 Å². The molecule has 0 saturated heterocycles. The molecular formula is C16H17NO5S2. The highest BCUT2D eigenvalue weighted by molar-refractivity contribution is 7.92. The molecule has 0 saturated carbocycles. The topological polar surface area (TPSA) is 89.5 Å². The van der Waals surface area contributed by atoms with Crippen LogP contribution < -0.4 is 4.72 Å². The Kier molecular flexibility index (Phi) is 5.40. The van der Waals surface area contributed by atoms with Crippen molar-refractivity contribution >= 4 is 38.8 Å². The number of aryl methyl sites for hydroxylation is 1. The molecule has 1 aromatic heterocycles. The minimum absolute atomic E-state index is 0.331. The average molecular weight is 367 g/mol. The number of rotatable bonds is 6. The van der Waals surface area contributed by atoms with Crippen LogP contribution >= 0.6 is 11.3 Å². The Labute approximate surface area is 144 Å². The highest BCUT2D eigenvalue weighted by Crippen LogP contribution is 2.19. The summed E-state index contributed by atoms with van der Waals surface area (Å²) in [5, 5.41) is 1.78. The fraction of sp³-hybridized carbons (Fsp3) is 0.250. The smallest absolute Gasteiger partial charge is 0.349 e. The second-order valence-electron chi connectivity index (χ2n) is 5.30. The van der Waals surface area contributed by atoms with Gasteiger partial charge in [0.2, 0.25) is 15.8 Å². The van der Waals surface area contributed by atoms with Gasteiger partial charge in [0.05, 0.1) is 6.26 Å². The first-order valence-electron chi connectivity index (χ1n) is 7.04. The number of esters is 1. The van der Waals surface area contributed by atoms with Crippen LogP contribution in [0.2, 0.25) is 0 Å². The third-order valence-electron chi connectivity index (χ3n) is 3.17. The fourth-order valence-electron chi connectivity index (χ4n) is 2.00. The summed E-state index contributed by atoms with van der Waals surface area (Å²) in [6, 6.07) is 7.73. The Morgan fingerprint density at radius 2 is 1.79 bits per heavy atom. The first-order chi connectivity index (χ1) is 11.2. The van der Waals surface area contributed by atoms with Gasteiger partial charge < -0.3 is 4.74 Å². The summed E-state index contributed by atoms with van der Waals surface area (Å²) in [6.45, 7) is 3.30. The van der Waals surface area contributed by atoms with Crippen LogP contribution in [0.25, 0.3) is 0 Å². The third kappa shape index (κ3) is 4.65. The van der Waals surface area contributed by atoms with E-state index in [1.54, 1.807) is 18.4 Å². The largest absolute Gasteiger partial charge is 0.450 e. The van der Waals surface area contributed by atoms with E-state index in [2.05, 4.69) is 4.72 Å². The Bertz CT molecular complexity index is 853. The van der Waals surface area contributed by atoms with Crippen LogP contribution in [0, 0.1) is 6.92 Å². The second-order valence-corrected chi connectivity index (χ2v) is 7.96. The van der Waals surface area contributed by atoms with E-state index in [4.69, 9.17) is 4.74 Å². The van der Waals surface area contributed by atoms with Crippen molar-refractivity contribution < 1.29 is 22.7 Å². The van der Waals surface area contributed by atoms with E-state index in [1.165, 1.54) is 42.5 Å².